The van der Waals surface area contributed by atoms with E-state index in [0.717, 1.165) is 33.8 Å². The van der Waals surface area contributed by atoms with E-state index in [1.54, 1.807) is 18.0 Å². The summed E-state index contributed by atoms with van der Waals surface area (Å²) in [4.78, 5) is 4.30. The Hall–Kier alpha value is -1.17. The highest BCUT2D eigenvalue weighted by molar-refractivity contribution is 7.99. The molecular weight excluding hydrogens is 296 g/mol. The molecule has 0 aliphatic carbocycles. The molecule has 1 aromatic carbocycles. The van der Waals surface area contributed by atoms with Crippen molar-refractivity contribution in [3.63, 3.8) is 0 Å². The first-order valence-corrected chi connectivity index (χ1v) is 7.73. The third-order valence-corrected chi connectivity index (χ3v) is 4.78. The number of rotatable bonds is 4. The molecule has 2 aromatic rings. The van der Waals surface area contributed by atoms with Gasteiger partial charge in [0, 0.05) is 24.2 Å². The Morgan fingerprint density at radius 3 is 3.15 bits per heavy atom. The van der Waals surface area contributed by atoms with Gasteiger partial charge in [0.05, 0.1) is 18.5 Å². The second-order valence-corrected chi connectivity index (χ2v) is 6.18. The maximum atomic E-state index is 9.15. The number of thioether (sulfide) groups is 1. The van der Waals surface area contributed by atoms with E-state index in [1.165, 1.54) is 5.56 Å². The summed E-state index contributed by atoms with van der Waals surface area (Å²) < 4.78 is 7.80. The zero-order chi connectivity index (χ0) is 14.1. The topological polar surface area (TPSA) is 47.3 Å². The molecular formula is C14H15ClN2O2S. The van der Waals surface area contributed by atoms with E-state index in [4.69, 9.17) is 21.4 Å². The number of hydrogen-bond donors (Lipinski definition) is 1. The van der Waals surface area contributed by atoms with Gasteiger partial charge in [0.2, 0.25) is 0 Å². The van der Waals surface area contributed by atoms with Crippen LogP contribution in [0.5, 0.6) is 5.75 Å². The molecule has 0 saturated heterocycles. The van der Waals surface area contributed by atoms with Crippen molar-refractivity contribution in [2.75, 3.05) is 5.75 Å². The van der Waals surface area contributed by atoms with Crippen molar-refractivity contribution in [1.29, 1.82) is 0 Å². The van der Waals surface area contributed by atoms with Crippen LogP contribution in [0, 0.1) is 0 Å². The average Bonchev–Trinajstić information content (AvgIpc) is 2.99. The fraction of sp³-hybridized carbons (Fsp3) is 0.357. The Morgan fingerprint density at radius 1 is 1.55 bits per heavy atom. The smallest absolute Gasteiger partial charge is 0.168 e. The highest BCUT2D eigenvalue weighted by Crippen LogP contribution is 2.33. The first-order valence-electron chi connectivity index (χ1n) is 6.36. The van der Waals surface area contributed by atoms with E-state index in [2.05, 4.69) is 4.98 Å². The largest absolute Gasteiger partial charge is 0.489 e. The second-order valence-electron chi connectivity index (χ2n) is 4.76. The number of halogens is 1. The van der Waals surface area contributed by atoms with Crippen LogP contribution in [0.1, 0.15) is 11.3 Å². The Kier molecular flexibility index (Phi) is 3.92. The normalized spacial score (nSPS) is 17.1. The summed E-state index contributed by atoms with van der Waals surface area (Å²) in [6.07, 6.45) is 2.72. The van der Waals surface area contributed by atoms with Gasteiger partial charge in [0.1, 0.15) is 11.9 Å². The molecule has 0 bridgehead atoms. The Labute approximate surface area is 126 Å². The number of nitrogens with zero attached hydrogens (tertiary/aromatic N) is 2. The second kappa shape index (κ2) is 5.68. The summed E-state index contributed by atoms with van der Waals surface area (Å²) in [6.45, 7) is 0.00787. The SMILES string of the molecule is Cn1c(CO)cnc1SCC1Cc2cc(Cl)ccc2O1. The summed E-state index contributed by atoms with van der Waals surface area (Å²) in [6, 6.07) is 5.74. The highest BCUT2D eigenvalue weighted by atomic mass is 35.5. The van der Waals surface area contributed by atoms with Gasteiger partial charge >= 0.3 is 0 Å². The molecule has 0 saturated carbocycles. The van der Waals surface area contributed by atoms with Crippen molar-refractivity contribution in [3.05, 3.63) is 40.7 Å². The van der Waals surface area contributed by atoms with Crippen molar-refractivity contribution in [2.24, 2.45) is 7.05 Å². The van der Waals surface area contributed by atoms with Gasteiger partial charge in [-0.15, -0.1) is 0 Å². The fourth-order valence-electron chi connectivity index (χ4n) is 2.26. The van der Waals surface area contributed by atoms with Crippen LogP contribution in [-0.2, 0) is 20.1 Å². The van der Waals surface area contributed by atoms with E-state index >= 15 is 0 Å². The van der Waals surface area contributed by atoms with Crippen LogP contribution < -0.4 is 4.74 Å². The third-order valence-electron chi connectivity index (χ3n) is 3.37. The number of hydrogen-bond acceptors (Lipinski definition) is 4. The van der Waals surface area contributed by atoms with Gasteiger partial charge in [0.25, 0.3) is 0 Å². The van der Waals surface area contributed by atoms with Gasteiger partial charge in [-0.3, -0.25) is 0 Å². The van der Waals surface area contributed by atoms with Gasteiger partial charge < -0.3 is 14.4 Å². The molecule has 1 N–H and O–H groups in total. The van der Waals surface area contributed by atoms with Crippen LogP contribution in [0.25, 0.3) is 0 Å². The zero-order valence-corrected chi connectivity index (χ0v) is 12.6. The molecule has 3 rings (SSSR count). The van der Waals surface area contributed by atoms with Crippen molar-refractivity contribution in [3.8, 4) is 5.75 Å². The molecule has 106 valence electrons. The van der Waals surface area contributed by atoms with Gasteiger partial charge in [-0.05, 0) is 23.8 Å². The van der Waals surface area contributed by atoms with Crippen molar-refractivity contribution < 1.29 is 9.84 Å². The number of fused-ring (bicyclic) bond motifs is 1. The summed E-state index contributed by atoms with van der Waals surface area (Å²) in [5.41, 5.74) is 1.98. The lowest BCUT2D eigenvalue weighted by Gasteiger charge is -2.10. The van der Waals surface area contributed by atoms with E-state index in [-0.39, 0.29) is 12.7 Å². The van der Waals surface area contributed by atoms with Gasteiger partial charge in [-0.2, -0.15) is 0 Å². The highest BCUT2D eigenvalue weighted by Gasteiger charge is 2.23. The monoisotopic (exact) mass is 310 g/mol. The number of aliphatic hydroxyl groups excluding tert-OH is 1. The predicted molar refractivity (Wildman–Crippen MR) is 79.4 cm³/mol. The lowest BCUT2D eigenvalue weighted by Crippen LogP contribution is -2.16. The molecule has 0 fully saturated rings. The van der Waals surface area contributed by atoms with Crippen LogP contribution in [0.15, 0.2) is 29.6 Å². The standard InChI is InChI=1S/C14H15ClN2O2S/c1-17-11(7-18)6-16-14(17)20-8-12-5-9-4-10(15)2-3-13(9)19-12/h2-4,6,12,18H,5,7-8H2,1H3. The molecule has 0 spiro atoms. The van der Waals surface area contributed by atoms with Crippen LogP contribution >= 0.6 is 23.4 Å². The molecule has 1 unspecified atom stereocenters. The lowest BCUT2D eigenvalue weighted by molar-refractivity contribution is 0.259. The van der Waals surface area contributed by atoms with Gasteiger partial charge in [0.15, 0.2) is 5.16 Å². The third kappa shape index (κ3) is 2.66. The van der Waals surface area contributed by atoms with Crippen molar-refractivity contribution >= 4 is 23.4 Å². The maximum Gasteiger partial charge on any atom is 0.168 e. The Balaban J connectivity index is 1.62. The number of ether oxygens (including phenoxy) is 1. The summed E-state index contributed by atoms with van der Waals surface area (Å²) in [5.74, 6) is 1.75. The molecule has 4 nitrogen and oxygen atoms in total. The van der Waals surface area contributed by atoms with Crippen LogP contribution in [0.4, 0.5) is 0 Å². The minimum absolute atomic E-state index is 0.00787. The van der Waals surface area contributed by atoms with E-state index in [0.29, 0.717) is 0 Å². The molecule has 0 amide bonds. The fourth-order valence-corrected chi connectivity index (χ4v) is 3.41. The van der Waals surface area contributed by atoms with Gasteiger partial charge in [-0.1, -0.05) is 23.4 Å². The molecule has 20 heavy (non-hydrogen) atoms. The number of aromatic nitrogens is 2. The average molecular weight is 311 g/mol. The van der Waals surface area contributed by atoms with Crippen molar-refractivity contribution in [1.82, 2.24) is 9.55 Å². The first kappa shape index (κ1) is 13.8. The molecule has 1 aliphatic rings. The number of aliphatic hydroxyl groups is 1. The molecule has 1 aromatic heterocycles. The summed E-state index contributed by atoms with van der Waals surface area (Å²) >= 11 is 7.62. The number of imidazole rings is 1. The quantitative estimate of drug-likeness (QED) is 0.882. The molecule has 2 heterocycles. The van der Waals surface area contributed by atoms with Crippen LogP contribution in [0.3, 0.4) is 0 Å². The van der Waals surface area contributed by atoms with Crippen LogP contribution in [0.2, 0.25) is 5.02 Å². The number of benzene rings is 1. The lowest BCUT2D eigenvalue weighted by atomic mass is 10.1. The van der Waals surface area contributed by atoms with Crippen molar-refractivity contribution in [2.45, 2.75) is 24.3 Å². The molecule has 6 heteroatoms. The minimum Gasteiger partial charge on any atom is -0.489 e. The summed E-state index contributed by atoms with van der Waals surface area (Å²) in [7, 11) is 1.91. The Bertz CT molecular complexity index is 630. The molecule has 0 radical (unpaired) electrons. The molecule has 1 atom stereocenters. The van der Waals surface area contributed by atoms with Gasteiger partial charge in [-0.25, -0.2) is 4.98 Å². The Morgan fingerprint density at radius 2 is 2.40 bits per heavy atom. The maximum absolute atomic E-state index is 9.15. The zero-order valence-electron chi connectivity index (χ0n) is 11.0. The van der Waals surface area contributed by atoms with E-state index < -0.39 is 0 Å². The van der Waals surface area contributed by atoms with Crippen LogP contribution in [-0.4, -0.2) is 26.5 Å². The predicted octanol–water partition coefficient (Wildman–Crippen LogP) is 2.66. The molecule has 1 aliphatic heterocycles. The summed E-state index contributed by atoms with van der Waals surface area (Å²) in [5, 5.41) is 10.8. The van der Waals surface area contributed by atoms with E-state index in [1.807, 2.05) is 29.8 Å². The minimum atomic E-state index is 0.00787. The first-order chi connectivity index (χ1) is 9.67. The van der Waals surface area contributed by atoms with E-state index in [9.17, 15) is 0 Å².